The summed E-state index contributed by atoms with van der Waals surface area (Å²) in [7, 11) is 0. The summed E-state index contributed by atoms with van der Waals surface area (Å²) >= 11 is 1.31. The van der Waals surface area contributed by atoms with Crippen LogP contribution in [0.4, 0.5) is 0 Å². The van der Waals surface area contributed by atoms with Crippen LogP contribution in [0.3, 0.4) is 0 Å². The fourth-order valence-corrected chi connectivity index (χ4v) is 3.63. The highest BCUT2D eigenvalue weighted by molar-refractivity contribution is 8.18. The molecule has 2 aromatic heterocycles. The molecule has 0 spiro atoms. The summed E-state index contributed by atoms with van der Waals surface area (Å²) in [5.74, 6) is 0.518. The van der Waals surface area contributed by atoms with Gasteiger partial charge < -0.3 is 10.1 Å². The van der Waals surface area contributed by atoms with Crippen LogP contribution in [-0.2, 0) is 11.3 Å². The summed E-state index contributed by atoms with van der Waals surface area (Å²) < 4.78 is 5.69. The molecular weight excluding hydrogens is 386 g/mol. The Morgan fingerprint density at radius 3 is 2.86 bits per heavy atom. The minimum absolute atomic E-state index is 0.260. The molecule has 0 radical (unpaired) electrons. The third-order valence-corrected chi connectivity index (χ3v) is 5.14. The number of thioether (sulfide) groups is 1. The summed E-state index contributed by atoms with van der Waals surface area (Å²) in [5.41, 5.74) is 3.39. The van der Waals surface area contributed by atoms with E-state index >= 15 is 0 Å². The molecule has 0 fully saturated rings. The molecule has 1 N–H and O–H groups in total. The zero-order valence-electron chi connectivity index (χ0n) is 16.0. The monoisotopic (exact) mass is 405 g/mol. The van der Waals surface area contributed by atoms with Crippen molar-refractivity contribution in [2.24, 2.45) is 4.99 Å². The molecule has 3 aromatic rings. The van der Waals surface area contributed by atoms with E-state index in [9.17, 15) is 4.79 Å². The largest absolute Gasteiger partial charge is 0.493 e. The van der Waals surface area contributed by atoms with Crippen molar-refractivity contribution in [3.63, 3.8) is 0 Å². The average Bonchev–Trinajstić information content (AvgIpc) is 3.07. The Kier molecular flexibility index (Phi) is 5.53. The van der Waals surface area contributed by atoms with E-state index in [4.69, 9.17) is 4.74 Å². The lowest BCUT2D eigenvalue weighted by Crippen LogP contribution is -2.19. The minimum Gasteiger partial charge on any atom is -0.493 e. The van der Waals surface area contributed by atoms with Crippen LogP contribution in [0.5, 0.6) is 5.75 Å². The van der Waals surface area contributed by atoms with Gasteiger partial charge in [0.2, 0.25) is 0 Å². The molecule has 0 aliphatic carbocycles. The topological polar surface area (TPSA) is 89.4 Å². The van der Waals surface area contributed by atoms with Crippen molar-refractivity contribution in [3.8, 4) is 5.75 Å². The third-order valence-electron chi connectivity index (χ3n) is 4.20. The summed E-state index contributed by atoms with van der Waals surface area (Å²) in [6, 6.07) is 7.67. The Labute approximate surface area is 172 Å². The van der Waals surface area contributed by atoms with Gasteiger partial charge in [0.05, 0.1) is 41.2 Å². The normalized spacial score (nSPS) is 15.0. The number of rotatable bonds is 5. The second-order valence-corrected chi connectivity index (χ2v) is 7.38. The van der Waals surface area contributed by atoms with E-state index in [2.05, 4.69) is 25.3 Å². The van der Waals surface area contributed by atoms with Crippen LogP contribution in [0.2, 0.25) is 0 Å². The lowest BCUT2D eigenvalue weighted by atomic mass is 10.1. The van der Waals surface area contributed by atoms with Gasteiger partial charge in [-0.3, -0.25) is 19.7 Å². The molecular formula is C21H19N5O2S. The van der Waals surface area contributed by atoms with E-state index in [1.54, 1.807) is 18.6 Å². The third kappa shape index (κ3) is 4.43. The molecule has 1 aliphatic rings. The molecule has 0 saturated carbocycles. The van der Waals surface area contributed by atoms with Crippen molar-refractivity contribution in [2.75, 3.05) is 6.61 Å². The molecule has 3 heterocycles. The molecule has 0 saturated heterocycles. The van der Waals surface area contributed by atoms with Gasteiger partial charge in [-0.1, -0.05) is 6.07 Å². The second kappa shape index (κ2) is 8.40. The fourth-order valence-electron chi connectivity index (χ4n) is 2.82. The number of aliphatic imine (C=N–C) groups is 1. The zero-order valence-corrected chi connectivity index (χ0v) is 16.9. The lowest BCUT2D eigenvalue weighted by molar-refractivity contribution is -0.113. The van der Waals surface area contributed by atoms with E-state index in [0.717, 1.165) is 33.6 Å². The number of amidine groups is 1. The molecule has 1 aromatic carbocycles. The number of benzene rings is 1. The van der Waals surface area contributed by atoms with Crippen molar-refractivity contribution < 1.29 is 9.53 Å². The van der Waals surface area contributed by atoms with Gasteiger partial charge in [0.1, 0.15) is 5.75 Å². The number of hydrogen-bond donors (Lipinski definition) is 1. The molecule has 7 nitrogen and oxygen atoms in total. The first-order chi connectivity index (χ1) is 14.1. The number of fused-ring (bicyclic) bond motifs is 1. The maximum absolute atomic E-state index is 12.3. The number of nitrogens with zero attached hydrogens (tertiary/aromatic N) is 4. The van der Waals surface area contributed by atoms with Gasteiger partial charge in [-0.25, -0.2) is 0 Å². The SMILES string of the molecule is CCOc1ccnc2ccc(/C=C3\SC(NCc4cnc(C)cn4)=NC3=O)cc12. The number of pyridine rings is 1. The molecule has 1 amide bonds. The second-order valence-electron chi connectivity index (χ2n) is 6.35. The maximum atomic E-state index is 12.3. The van der Waals surface area contributed by atoms with Crippen LogP contribution < -0.4 is 10.1 Å². The number of carbonyl (C=O) groups is 1. The van der Waals surface area contributed by atoms with Gasteiger partial charge in [0, 0.05) is 17.8 Å². The van der Waals surface area contributed by atoms with Gasteiger partial charge in [-0.2, -0.15) is 4.99 Å². The number of carbonyl (C=O) groups excluding carboxylic acids is 1. The van der Waals surface area contributed by atoms with E-state index in [1.807, 2.05) is 44.2 Å². The quantitative estimate of drug-likeness (QED) is 0.650. The van der Waals surface area contributed by atoms with Gasteiger partial charge in [-0.05, 0) is 55.4 Å². The lowest BCUT2D eigenvalue weighted by Gasteiger charge is -2.07. The number of aromatic nitrogens is 3. The maximum Gasteiger partial charge on any atom is 0.286 e. The summed E-state index contributed by atoms with van der Waals surface area (Å²) in [6.45, 7) is 4.86. The molecule has 0 unspecified atom stereocenters. The van der Waals surface area contributed by atoms with Crippen LogP contribution >= 0.6 is 11.8 Å². The first-order valence-corrected chi connectivity index (χ1v) is 9.99. The van der Waals surface area contributed by atoms with Gasteiger partial charge in [0.25, 0.3) is 5.91 Å². The number of ether oxygens (including phenoxy) is 1. The van der Waals surface area contributed by atoms with E-state index in [-0.39, 0.29) is 5.91 Å². The molecule has 4 rings (SSSR count). The highest BCUT2D eigenvalue weighted by Crippen LogP contribution is 2.30. The van der Waals surface area contributed by atoms with Crippen molar-refractivity contribution >= 4 is 39.8 Å². The van der Waals surface area contributed by atoms with Crippen LogP contribution in [-0.4, -0.2) is 32.6 Å². The van der Waals surface area contributed by atoms with E-state index in [1.165, 1.54) is 11.8 Å². The molecule has 1 aliphatic heterocycles. The number of aryl methyl sites for hydroxylation is 1. The molecule has 146 valence electrons. The standard InChI is InChI=1S/C21H19N5O2S/c1-3-28-18-6-7-22-17-5-4-14(8-16(17)18)9-19-20(27)26-21(29-19)25-12-15-11-23-13(2)10-24-15/h4-11H,3,12H2,1-2H3,(H,25,26,27)/b19-9-. The first-order valence-electron chi connectivity index (χ1n) is 9.18. The van der Waals surface area contributed by atoms with Crippen LogP contribution in [0.25, 0.3) is 17.0 Å². The first kappa shape index (κ1) is 19.1. The smallest absolute Gasteiger partial charge is 0.286 e. The summed E-state index contributed by atoms with van der Waals surface area (Å²) in [5, 5.41) is 4.61. The molecule has 29 heavy (non-hydrogen) atoms. The number of nitrogens with one attached hydrogen (secondary N) is 1. The van der Waals surface area contributed by atoms with Crippen LogP contribution in [0, 0.1) is 6.92 Å². The number of hydrogen-bond acceptors (Lipinski definition) is 7. The summed E-state index contributed by atoms with van der Waals surface area (Å²) in [4.78, 5) is 29.8. The molecule has 8 heteroatoms. The van der Waals surface area contributed by atoms with Crippen molar-refractivity contribution in [1.82, 2.24) is 20.3 Å². The van der Waals surface area contributed by atoms with Crippen molar-refractivity contribution in [3.05, 3.63) is 64.7 Å². The van der Waals surface area contributed by atoms with E-state index in [0.29, 0.717) is 23.2 Å². The minimum atomic E-state index is -0.260. The number of amides is 1. The van der Waals surface area contributed by atoms with Gasteiger partial charge in [-0.15, -0.1) is 0 Å². The van der Waals surface area contributed by atoms with Crippen molar-refractivity contribution in [1.29, 1.82) is 0 Å². The Morgan fingerprint density at radius 1 is 1.17 bits per heavy atom. The Hall–Kier alpha value is -3.26. The Bertz CT molecular complexity index is 1130. The van der Waals surface area contributed by atoms with Crippen LogP contribution in [0.15, 0.2) is 52.8 Å². The van der Waals surface area contributed by atoms with Crippen LogP contribution in [0.1, 0.15) is 23.9 Å². The Morgan fingerprint density at radius 2 is 2.07 bits per heavy atom. The van der Waals surface area contributed by atoms with Gasteiger partial charge in [0.15, 0.2) is 5.17 Å². The predicted octanol–water partition coefficient (Wildman–Crippen LogP) is 3.49. The molecule has 0 atom stereocenters. The zero-order chi connectivity index (χ0) is 20.2. The fraction of sp³-hybridized carbons (Fsp3) is 0.190. The summed E-state index contributed by atoms with van der Waals surface area (Å²) in [6.07, 6.45) is 6.98. The molecule has 0 bridgehead atoms. The highest BCUT2D eigenvalue weighted by atomic mass is 32.2. The van der Waals surface area contributed by atoms with Gasteiger partial charge >= 0.3 is 0 Å². The van der Waals surface area contributed by atoms with Crippen molar-refractivity contribution in [2.45, 2.75) is 20.4 Å². The highest BCUT2D eigenvalue weighted by Gasteiger charge is 2.21. The predicted molar refractivity (Wildman–Crippen MR) is 115 cm³/mol. The Balaban J connectivity index is 1.49. The van der Waals surface area contributed by atoms with E-state index < -0.39 is 0 Å². The average molecular weight is 405 g/mol.